The van der Waals surface area contributed by atoms with Crippen LogP contribution in [0.4, 0.5) is 0 Å². The van der Waals surface area contributed by atoms with Crippen molar-refractivity contribution < 1.29 is 13.6 Å². The maximum Gasteiger partial charge on any atom is 0.179 e. The van der Waals surface area contributed by atoms with E-state index in [1.807, 2.05) is 0 Å². The van der Waals surface area contributed by atoms with Crippen molar-refractivity contribution in [3.63, 3.8) is 0 Å². The van der Waals surface area contributed by atoms with E-state index in [1.54, 1.807) is 7.05 Å². The van der Waals surface area contributed by atoms with Gasteiger partial charge in [-0.3, -0.25) is 0 Å². The van der Waals surface area contributed by atoms with Crippen molar-refractivity contribution in [1.82, 2.24) is 5.32 Å². The normalized spacial score (nSPS) is 12.6. The van der Waals surface area contributed by atoms with Crippen molar-refractivity contribution in [2.75, 3.05) is 19.3 Å². The molecule has 0 spiro atoms. The minimum atomic E-state index is -3.28. The van der Waals surface area contributed by atoms with Crippen molar-refractivity contribution in [3.8, 4) is 0 Å². The van der Waals surface area contributed by atoms with Crippen LogP contribution in [-0.4, -0.2) is 38.8 Å². The molecule has 0 unspecified atom stereocenters. The lowest BCUT2D eigenvalue weighted by Gasteiger charge is -2.05. The summed E-state index contributed by atoms with van der Waals surface area (Å²) in [4.78, 5) is 0.224. The molecule has 0 aromatic heterocycles. The van der Waals surface area contributed by atoms with Crippen LogP contribution in [0, 0.1) is 0 Å². The fourth-order valence-corrected chi connectivity index (χ4v) is 2.50. The average molecular weight is 257 g/mol. The van der Waals surface area contributed by atoms with E-state index in [0.29, 0.717) is 12.1 Å². The van der Waals surface area contributed by atoms with Crippen molar-refractivity contribution in [3.05, 3.63) is 29.8 Å². The van der Waals surface area contributed by atoms with E-state index >= 15 is 0 Å². The summed E-state index contributed by atoms with van der Waals surface area (Å²) in [5.74, 6) is -0.0175. The standard InChI is InChI=1S/C10H15N3O3S/c1-12-6-7-17(15,16)9-4-2-8(3-5-9)10(11)13-14/h2-5,12,14H,6-7H2,1H3,(H2,11,13). The average Bonchev–Trinajstić information content (AvgIpc) is 2.35. The fraction of sp³-hybridized carbons (Fsp3) is 0.300. The molecule has 1 rings (SSSR count). The van der Waals surface area contributed by atoms with E-state index in [-0.39, 0.29) is 16.5 Å². The van der Waals surface area contributed by atoms with Crippen LogP contribution in [0.15, 0.2) is 34.3 Å². The zero-order valence-electron chi connectivity index (χ0n) is 9.42. The first-order chi connectivity index (χ1) is 8.01. The molecule has 0 amide bonds. The van der Waals surface area contributed by atoms with Crippen LogP contribution >= 0.6 is 0 Å². The molecular formula is C10H15N3O3S. The lowest BCUT2D eigenvalue weighted by Crippen LogP contribution is -2.19. The second-order valence-corrected chi connectivity index (χ2v) is 5.54. The van der Waals surface area contributed by atoms with E-state index < -0.39 is 9.84 Å². The smallest absolute Gasteiger partial charge is 0.179 e. The van der Waals surface area contributed by atoms with Crippen LogP contribution in [0.1, 0.15) is 5.56 Å². The van der Waals surface area contributed by atoms with Gasteiger partial charge in [0, 0.05) is 12.1 Å². The summed E-state index contributed by atoms with van der Waals surface area (Å²) in [6, 6.07) is 5.89. The summed E-state index contributed by atoms with van der Waals surface area (Å²) in [6.45, 7) is 0.393. The minimum absolute atomic E-state index is 0.0341. The second-order valence-electron chi connectivity index (χ2n) is 3.43. The molecule has 0 radical (unpaired) electrons. The Morgan fingerprint density at radius 2 is 2.00 bits per heavy atom. The van der Waals surface area contributed by atoms with Crippen LogP contribution in [-0.2, 0) is 9.84 Å². The first-order valence-corrected chi connectivity index (χ1v) is 6.62. The van der Waals surface area contributed by atoms with E-state index in [2.05, 4.69) is 10.5 Å². The zero-order chi connectivity index (χ0) is 12.9. The van der Waals surface area contributed by atoms with Gasteiger partial charge in [-0.25, -0.2) is 8.42 Å². The Bertz CT molecular complexity index is 494. The number of benzene rings is 1. The highest BCUT2D eigenvalue weighted by molar-refractivity contribution is 7.91. The zero-order valence-corrected chi connectivity index (χ0v) is 10.2. The number of nitrogens with one attached hydrogen (secondary N) is 1. The van der Waals surface area contributed by atoms with E-state index in [1.165, 1.54) is 24.3 Å². The Morgan fingerprint density at radius 1 is 1.41 bits per heavy atom. The highest BCUT2D eigenvalue weighted by Crippen LogP contribution is 2.12. The number of rotatable bonds is 5. The van der Waals surface area contributed by atoms with Crippen LogP contribution in [0.2, 0.25) is 0 Å². The van der Waals surface area contributed by atoms with Crippen LogP contribution in [0.3, 0.4) is 0 Å². The molecule has 0 bridgehead atoms. The Morgan fingerprint density at radius 3 is 2.47 bits per heavy atom. The van der Waals surface area contributed by atoms with Gasteiger partial charge in [0.1, 0.15) is 0 Å². The molecule has 4 N–H and O–H groups in total. The summed E-state index contributed by atoms with van der Waals surface area (Å²) in [6.07, 6.45) is 0. The number of amidine groups is 1. The molecule has 0 atom stereocenters. The van der Waals surface area contributed by atoms with Crippen molar-refractivity contribution in [2.24, 2.45) is 10.9 Å². The number of hydrogen-bond donors (Lipinski definition) is 3. The quantitative estimate of drug-likeness (QED) is 0.292. The largest absolute Gasteiger partial charge is 0.409 e. The van der Waals surface area contributed by atoms with Crippen LogP contribution < -0.4 is 11.1 Å². The molecule has 0 aliphatic carbocycles. The predicted octanol–water partition coefficient (Wildman–Crippen LogP) is -0.226. The fourth-order valence-electron chi connectivity index (χ4n) is 1.25. The molecule has 0 aliphatic heterocycles. The number of nitrogens with two attached hydrogens (primary N) is 1. The van der Waals surface area contributed by atoms with Gasteiger partial charge in [0.25, 0.3) is 0 Å². The van der Waals surface area contributed by atoms with Gasteiger partial charge in [-0.2, -0.15) is 0 Å². The Balaban J connectivity index is 2.95. The van der Waals surface area contributed by atoms with E-state index in [9.17, 15) is 8.42 Å². The molecule has 1 aromatic carbocycles. The van der Waals surface area contributed by atoms with Gasteiger partial charge in [0.05, 0.1) is 10.6 Å². The lowest BCUT2D eigenvalue weighted by molar-refractivity contribution is 0.318. The molecule has 0 aliphatic rings. The Hall–Kier alpha value is -1.60. The molecule has 0 saturated carbocycles. The molecule has 1 aromatic rings. The molecule has 0 heterocycles. The SMILES string of the molecule is CNCCS(=O)(=O)c1ccc(/C(N)=N/O)cc1. The van der Waals surface area contributed by atoms with Crippen LogP contribution in [0.5, 0.6) is 0 Å². The lowest BCUT2D eigenvalue weighted by atomic mass is 10.2. The van der Waals surface area contributed by atoms with Gasteiger partial charge in [-0.15, -0.1) is 0 Å². The van der Waals surface area contributed by atoms with Crippen LogP contribution in [0.25, 0.3) is 0 Å². The molecule has 17 heavy (non-hydrogen) atoms. The summed E-state index contributed by atoms with van der Waals surface area (Å²) in [7, 11) is -1.59. The van der Waals surface area contributed by atoms with Gasteiger partial charge < -0.3 is 16.3 Å². The number of oxime groups is 1. The summed E-state index contributed by atoms with van der Waals surface area (Å²) in [5.41, 5.74) is 5.85. The highest BCUT2D eigenvalue weighted by atomic mass is 32.2. The molecule has 7 heteroatoms. The maximum absolute atomic E-state index is 11.8. The van der Waals surface area contributed by atoms with E-state index in [4.69, 9.17) is 10.9 Å². The van der Waals surface area contributed by atoms with Crippen molar-refractivity contribution in [1.29, 1.82) is 0 Å². The predicted molar refractivity (Wildman–Crippen MR) is 64.9 cm³/mol. The number of sulfone groups is 1. The third kappa shape index (κ3) is 3.43. The van der Waals surface area contributed by atoms with Gasteiger partial charge in [0.2, 0.25) is 0 Å². The topological polar surface area (TPSA) is 105 Å². The summed E-state index contributed by atoms with van der Waals surface area (Å²) >= 11 is 0. The minimum Gasteiger partial charge on any atom is -0.409 e. The number of hydrogen-bond acceptors (Lipinski definition) is 5. The molecule has 0 fully saturated rings. The third-order valence-electron chi connectivity index (χ3n) is 2.24. The Kier molecular flexibility index (Phi) is 4.47. The third-order valence-corrected chi connectivity index (χ3v) is 3.97. The van der Waals surface area contributed by atoms with Gasteiger partial charge in [-0.1, -0.05) is 5.16 Å². The number of nitrogens with zero attached hydrogens (tertiary/aromatic N) is 1. The first-order valence-electron chi connectivity index (χ1n) is 4.96. The second kappa shape index (κ2) is 5.65. The Labute approximate surface area is 100 Å². The maximum atomic E-state index is 11.8. The van der Waals surface area contributed by atoms with E-state index in [0.717, 1.165) is 0 Å². The molecular weight excluding hydrogens is 242 g/mol. The van der Waals surface area contributed by atoms with Crippen molar-refractivity contribution in [2.45, 2.75) is 4.90 Å². The van der Waals surface area contributed by atoms with Crippen molar-refractivity contribution >= 4 is 15.7 Å². The summed E-state index contributed by atoms with van der Waals surface area (Å²) < 4.78 is 23.6. The molecule has 0 saturated heterocycles. The van der Waals surface area contributed by atoms with Gasteiger partial charge >= 0.3 is 0 Å². The summed E-state index contributed by atoms with van der Waals surface area (Å²) in [5, 5.41) is 14.1. The molecule has 94 valence electrons. The first kappa shape index (κ1) is 13.5. The highest BCUT2D eigenvalue weighted by Gasteiger charge is 2.13. The molecule has 6 nitrogen and oxygen atoms in total. The van der Waals surface area contributed by atoms with Gasteiger partial charge in [0.15, 0.2) is 15.7 Å². The monoisotopic (exact) mass is 257 g/mol. The van der Waals surface area contributed by atoms with Gasteiger partial charge in [-0.05, 0) is 31.3 Å².